The van der Waals surface area contributed by atoms with E-state index in [1.54, 1.807) is 12.5 Å². The molecule has 0 aliphatic rings. The lowest BCUT2D eigenvalue weighted by molar-refractivity contribution is 1.22. The van der Waals surface area contributed by atoms with Gasteiger partial charge >= 0.3 is 0 Å². The average Bonchev–Trinajstić information content (AvgIpc) is 2.67. The Hall–Kier alpha value is -3.51. The van der Waals surface area contributed by atoms with Crippen LogP contribution in [0.5, 0.6) is 0 Å². The van der Waals surface area contributed by atoms with Crippen LogP contribution < -0.4 is 0 Å². The molecule has 0 radical (unpaired) electrons. The predicted octanol–water partition coefficient (Wildman–Crippen LogP) is 4.34. The van der Waals surface area contributed by atoms with Gasteiger partial charge < -0.3 is 0 Å². The van der Waals surface area contributed by atoms with Crippen molar-refractivity contribution in [2.24, 2.45) is 0 Å². The molecule has 0 saturated carbocycles. The SMILES string of the molecule is C#Cc1cccc(-c2ncccc2-c2ccc3ncncc3c2)c1. The lowest BCUT2D eigenvalue weighted by atomic mass is 9.97. The summed E-state index contributed by atoms with van der Waals surface area (Å²) in [6.07, 6.45) is 10.7. The highest BCUT2D eigenvalue weighted by Crippen LogP contribution is 2.31. The Morgan fingerprint density at radius 1 is 0.875 bits per heavy atom. The number of fused-ring (bicyclic) bond motifs is 1. The van der Waals surface area contributed by atoms with Crippen LogP contribution in [0.1, 0.15) is 5.56 Å². The van der Waals surface area contributed by atoms with Crippen molar-refractivity contribution in [1.29, 1.82) is 0 Å². The molecule has 2 heterocycles. The largest absolute Gasteiger partial charge is 0.256 e. The van der Waals surface area contributed by atoms with Gasteiger partial charge in [-0.1, -0.05) is 30.2 Å². The minimum atomic E-state index is 0.844. The van der Waals surface area contributed by atoms with Crippen molar-refractivity contribution >= 4 is 10.9 Å². The molecule has 2 aromatic heterocycles. The van der Waals surface area contributed by atoms with Crippen molar-refractivity contribution in [2.75, 3.05) is 0 Å². The maximum Gasteiger partial charge on any atom is 0.116 e. The zero-order chi connectivity index (χ0) is 16.4. The highest BCUT2D eigenvalue weighted by Gasteiger charge is 2.09. The number of hydrogen-bond acceptors (Lipinski definition) is 3. The first-order valence-corrected chi connectivity index (χ1v) is 7.57. The average molecular weight is 307 g/mol. The second-order valence-corrected chi connectivity index (χ2v) is 5.42. The molecular weight excluding hydrogens is 294 g/mol. The Balaban J connectivity index is 1.90. The summed E-state index contributed by atoms with van der Waals surface area (Å²) in [5.41, 5.74) is 5.81. The monoisotopic (exact) mass is 307 g/mol. The Labute approximate surface area is 140 Å². The lowest BCUT2D eigenvalue weighted by Crippen LogP contribution is -1.90. The van der Waals surface area contributed by atoms with Crippen LogP contribution in [-0.2, 0) is 0 Å². The van der Waals surface area contributed by atoms with Gasteiger partial charge in [0, 0.05) is 34.5 Å². The molecule has 0 unspecified atom stereocenters. The second-order valence-electron chi connectivity index (χ2n) is 5.42. The summed E-state index contributed by atoms with van der Waals surface area (Å²) >= 11 is 0. The summed E-state index contributed by atoms with van der Waals surface area (Å²) in [6.45, 7) is 0. The third-order valence-corrected chi connectivity index (χ3v) is 3.93. The van der Waals surface area contributed by atoms with Crippen LogP contribution in [0, 0.1) is 12.3 Å². The van der Waals surface area contributed by atoms with Crippen molar-refractivity contribution in [3.05, 3.63) is 78.9 Å². The van der Waals surface area contributed by atoms with Gasteiger partial charge in [-0.05, 0) is 35.9 Å². The number of benzene rings is 2. The van der Waals surface area contributed by atoms with Gasteiger partial charge in [-0.15, -0.1) is 6.42 Å². The highest BCUT2D eigenvalue weighted by molar-refractivity contribution is 5.88. The normalized spacial score (nSPS) is 10.5. The minimum Gasteiger partial charge on any atom is -0.256 e. The number of terminal acetylenes is 1. The van der Waals surface area contributed by atoms with E-state index in [1.807, 2.05) is 42.6 Å². The third kappa shape index (κ3) is 2.51. The fourth-order valence-corrected chi connectivity index (χ4v) is 2.78. The van der Waals surface area contributed by atoms with Crippen LogP contribution in [0.4, 0.5) is 0 Å². The Morgan fingerprint density at radius 2 is 1.83 bits per heavy atom. The van der Waals surface area contributed by atoms with E-state index in [4.69, 9.17) is 6.42 Å². The van der Waals surface area contributed by atoms with Gasteiger partial charge in [-0.25, -0.2) is 9.97 Å². The second kappa shape index (κ2) is 5.94. The molecule has 0 atom stereocenters. The molecule has 0 spiro atoms. The van der Waals surface area contributed by atoms with Crippen LogP contribution in [0.2, 0.25) is 0 Å². The fraction of sp³-hybridized carbons (Fsp3) is 0. The van der Waals surface area contributed by atoms with E-state index in [9.17, 15) is 0 Å². The van der Waals surface area contributed by atoms with Gasteiger partial charge in [-0.3, -0.25) is 4.98 Å². The van der Waals surface area contributed by atoms with Crippen molar-refractivity contribution < 1.29 is 0 Å². The van der Waals surface area contributed by atoms with Gasteiger partial charge in [0.1, 0.15) is 6.33 Å². The van der Waals surface area contributed by atoms with E-state index in [2.05, 4.69) is 39.1 Å². The van der Waals surface area contributed by atoms with Gasteiger partial charge in [0.05, 0.1) is 11.2 Å². The Kier molecular flexibility index (Phi) is 3.49. The van der Waals surface area contributed by atoms with E-state index >= 15 is 0 Å². The number of rotatable bonds is 2. The Bertz CT molecular complexity index is 1080. The van der Waals surface area contributed by atoms with Gasteiger partial charge in [-0.2, -0.15) is 0 Å². The summed E-state index contributed by atoms with van der Waals surface area (Å²) in [5, 5.41) is 1.00. The summed E-state index contributed by atoms with van der Waals surface area (Å²) in [4.78, 5) is 13.0. The van der Waals surface area contributed by atoms with E-state index in [0.717, 1.165) is 38.9 Å². The standard InChI is InChI=1S/C21H13N3/c1-2-15-5-3-6-17(11-15)21-19(7-4-10-23-21)16-8-9-20-18(12-16)13-22-14-24-20/h1,3-14H. The molecule has 112 valence electrons. The van der Waals surface area contributed by atoms with E-state index in [-0.39, 0.29) is 0 Å². The summed E-state index contributed by atoms with van der Waals surface area (Å²) < 4.78 is 0. The van der Waals surface area contributed by atoms with Crippen molar-refractivity contribution in [2.45, 2.75) is 0 Å². The molecule has 0 aliphatic carbocycles. The molecule has 3 heteroatoms. The van der Waals surface area contributed by atoms with Crippen LogP contribution in [0.3, 0.4) is 0 Å². The molecule has 4 rings (SSSR count). The highest BCUT2D eigenvalue weighted by atomic mass is 14.8. The molecule has 2 aromatic carbocycles. The predicted molar refractivity (Wildman–Crippen MR) is 96.1 cm³/mol. The molecule has 24 heavy (non-hydrogen) atoms. The molecule has 4 aromatic rings. The van der Waals surface area contributed by atoms with Crippen molar-refractivity contribution in [3.8, 4) is 34.7 Å². The number of aromatic nitrogens is 3. The zero-order valence-corrected chi connectivity index (χ0v) is 12.8. The maximum atomic E-state index is 5.52. The maximum absolute atomic E-state index is 5.52. The van der Waals surface area contributed by atoms with E-state index < -0.39 is 0 Å². The first-order chi connectivity index (χ1) is 11.8. The van der Waals surface area contributed by atoms with Gasteiger partial charge in [0.25, 0.3) is 0 Å². The zero-order valence-electron chi connectivity index (χ0n) is 12.8. The summed E-state index contributed by atoms with van der Waals surface area (Å²) in [6, 6.07) is 18.0. The van der Waals surface area contributed by atoms with Crippen LogP contribution in [0.15, 0.2) is 73.3 Å². The molecule has 3 nitrogen and oxygen atoms in total. The summed E-state index contributed by atoms with van der Waals surface area (Å²) in [7, 11) is 0. The molecule has 0 saturated heterocycles. The number of nitrogens with zero attached hydrogens (tertiary/aromatic N) is 3. The van der Waals surface area contributed by atoms with E-state index in [0.29, 0.717) is 0 Å². The van der Waals surface area contributed by atoms with Crippen LogP contribution in [-0.4, -0.2) is 15.0 Å². The quantitative estimate of drug-likeness (QED) is 0.517. The number of pyridine rings is 1. The molecular formula is C21H13N3. The van der Waals surface area contributed by atoms with Crippen LogP contribution >= 0.6 is 0 Å². The number of hydrogen-bond donors (Lipinski definition) is 0. The van der Waals surface area contributed by atoms with Gasteiger partial charge in [0.15, 0.2) is 0 Å². The smallest absolute Gasteiger partial charge is 0.116 e. The molecule has 0 N–H and O–H groups in total. The molecule has 0 fully saturated rings. The first-order valence-electron chi connectivity index (χ1n) is 7.57. The lowest BCUT2D eigenvalue weighted by Gasteiger charge is -2.10. The minimum absolute atomic E-state index is 0.844. The molecule has 0 aliphatic heterocycles. The first kappa shape index (κ1) is 14.1. The molecule has 0 bridgehead atoms. The third-order valence-electron chi connectivity index (χ3n) is 3.93. The summed E-state index contributed by atoms with van der Waals surface area (Å²) in [5.74, 6) is 2.68. The van der Waals surface area contributed by atoms with Crippen molar-refractivity contribution in [3.63, 3.8) is 0 Å². The fourth-order valence-electron chi connectivity index (χ4n) is 2.78. The molecule has 0 amide bonds. The Morgan fingerprint density at radius 3 is 2.75 bits per heavy atom. The van der Waals surface area contributed by atoms with E-state index in [1.165, 1.54) is 0 Å². The van der Waals surface area contributed by atoms with Crippen molar-refractivity contribution in [1.82, 2.24) is 15.0 Å². The van der Waals surface area contributed by atoms with Crippen LogP contribution in [0.25, 0.3) is 33.3 Å². The van der Waals surface area contributed by atoms with Gasteiger partial charge in [0.2, 0.25) is 0 Å². The topological polar surface area (TPSA) is 38.7 Å².